The number of nitrogens with one attached hydrogen (secondary N) is 2. The lowest BCUT2D eigenvalue weighted by atomic mass is 10.1. The van der Waals surface area contributed by atoms with Crippen LogP contribution >= 0.6 is 0 Å². The maximum Gasteiger partial charge on any atom is 0.219 e. The summed E-state index contributed by atoms with van der Waals surface area (Å²) in [5, 5.41) is 9.90. The molecule has 1 amide bonds. The fraction of sp³-hybridized carbons (Fsp3) is 0.667. The van der Waals surface area contributed by atoms with Crippen molar-refractivity contribution in [1.29, 1.82) is 0 Å². The van der Waals surface area contributed by atoms with Gasteiger partial charge in [0.05, 0.1) is 5.69 Å². The number of nitrogens with zero attached hydrogens (tertiary/aromatic N) is 1. The number of carbonyl (C=O) groups is 1. The van der Waals surface area contributed by atoms with E-state index >= 15 is 0 Å². The van der Waals surface area contributed by atoms with Crippen LogP contribution in [-0.2, 0) is 4.79 Å². The lowest BCUT2D eigenvalue weighted by Crippen LogP contribution is -2.23. The van der Waals surface area contributed by atoms with E-state index in [9.17, 15) is 4.79 Å². The van der Waals surface area contributed by atoms with Gasteiger partial charge in [0.15, 0.2) is 0 Å². The van der Waals surface area contributed by atoms with Gasteiger partial charge in [-0.05, 0) is 33.7 Å². The predicted octanol–water partition coefficient (Wildman–Crippen LogP) is 1.47. The van der Waals surface area contributed by atoms with Crippen molar-refractivity contribution in [3.8, 4) is 0 Å². The molecular formula is C12H21N3O2. The molecule has 1 atom stereocenters. The Morgan fingerprint density at radius 3 is 2.71 bits per heavy atom. The Morgan fingerprint density at radius 2 is 2.18 bits per heavy atom. The molecule has 0 saturated carbocycles. The fourth-order valence-electron chi connectivity index (χ4n) is 1.90. The van der Waals surface area contributed by atoms with Crippen molar-refractivity contribution in [2.24, 2.45) is 0 Å². The Hall–Kier alpha value is -1.36. The van der Waals surface area contributed by atoms with Crippen molar-refractivity contribution >= 4 is 5.91 Å². The molecule has 0 radical (unpaired) electrons. The monoisotopic (exact) mass is 239 g/mol. The van der Waals surface area contributed by atoms with Gasteiger partial charge in [-0.25, -0.2) is 0 Å². The van der Waals surface area contributed by atoms with Crippen molar-refractivity contribution < 1.29 is 9.32 Å². The molecule has 1 heterocycles. The van der Waals surface area contributed by atoms with Crippen molar-refractivity contribution in [2.45, 2.75) is 39.7 Å². The molecule has 5 nitrogen and oxygen atoms in total. The van der Waals surface area contributed by atoms with E-state index in [1.54, 1.807) is 7.05 Å². The summed E-state index contributed by atoms with van der Waals surface area (Å²) in [7, 11) is 1.66. The number of rotatable bonds is 6. The van der Waals surface area contributed by atoms with Gasteiger partial charge in [0.1, 0.15) is 5.76 Å². The van der Waals surface area contributed by atoms with Gasteiger partial charge < -0.3 is 15.2 Å². The number of hydrogen-bond acceptors (Lipinski definition) is 4. The average molecular weight is 239 g/mol. The minimum Gasteiger partial charge on any atom is -0.361 e. The van der Waals surface area contributed by atoms with Crippen molar-refractivity contribution in [2.75, 3.05) is 13.6 Å². The summed E-state index contributed by atoms with van der Waals surface area (Å²) in [6.45, 7) is 6.73. The first-order chi connectivity index (χ1) is 8.06. The summed E-state index contributed by atoms with van der Waals surface area (Å²) in [6, 6.07) is 0.200. The highest BCUT2D eigenvalue weighted by atomic mass is 16.5. The third kappa shape index (κ3) is 3.85. The molecule has 1 rings (SSSR count). The Balaban J connectivity index is 2.35. The highest BCUT2D eigenvalue weighted by Gasteiger charge is 2.15. The zero-order valence-corrected chi connectivity index (χ0v) is 11.0. The number of carbonyl (C=O) groups excluding carboxylic acids is 1. The zero-order chi connectivity index (χ0) is 12.8. The van der Waals surface area contributed by atoms with Gasteiger partial charge >= 0.3 is 0 Å². The first-order valence-electron chi connectivity index (χ1n) is 5.93. The second-order valence-electron chi connectivity index (χ2n) is 4.19. The first kappa shape index (κ1) is 13.7. The molecule has 2 N–H and O–H groups in total. The standard InChI is InChI=1S/C12H21N3O2/c1-8(12-9(2)15-17-10(12)3)14-7-5-6-11(16)13-4/h8,14H,5-7H2,1-4H3,(H,13,16). The van der Waals surface area contributed by atoms with Gasteiger partial charge in [0.2, 0.25) is 5.91 Å². The quantitative estimate of drug-likeness (QED) is 0.738. The molecule has 1 aromatic heterocycles. The second kappa shape index (κ2) is 6.39. The maximum atomic E-state index is 11.0. The molecule has 0 aliphatic heterocycles. The van der Waals surface area contributed by atoms with Crippen LogP contribution in [0.3, 0.4) is 0 Å². The molecule has 17 heavy (non-hydrogen) atoms. The summed E-state index contributed by atoms with van der Waals surface area (Å²) in [6.07, 6.45) is 1.38. The molecule has 0 aliphatic rings. The molecule has 96 valence electrons. The topological polar surface area (TPSA) is 67.2 Å². The zero-order valence-electron chi connectivity index (χ0n) is 11.0. The van der Waals surface area contributed by atoms with E-state index in [0.29, 0.717) is 6.42 Å². The summed E-state index contributed by atoms with van der Waals surface area (Å²) >= 11 is 0. The van der Waals surface area contributed by atoms with E-state index in [4.69, 9.17) is 4.52 Å². The molecule has 0 spiro atoms. The van der Waals surface area contributed by atoms with Crippen molar-refractivity contribution in [3.05, 3.63) is 17.0 Å². The predicted molar refractivity (Wildman–Crippen MR) is 65.7 cm³/mol. The van der Waals surface area contributed by atoms with E-state index in [0.717, 1.165) is 30.0 Å². The van der Waals surface area contributed by atoms with Crippen LogP contribution in [0.5, 0.6) is 0 Å². The lowest BCUT2D eigenvalue weighted by molar-refractivity contribution is -0.120. The molecular weight excluding hydrogens is 218 g/mol. The van der Waals surface area contributed by atoms with Gasteiger partial charge in [-0.1, -0.05) is 5.16 Å². The van der Waals surface area contributed by atoms with Crippen LogP contribution in [-0.4, -0.2) is 24.7 Å². The largest absolute Gasteiger partial charge is 0.361 e. The average Bonchev–Trinajstić information content (AvgIpc) is 2.64. The maximum absolute atomic E-state index is 11.0. The Labute approximate surface area is 102 Å². The summed E-state index contributed by atoms with van der Waals surface area (Å²) < 4.78 is 5.12. The molecule has 0 fully saturated rings. The molecule has 1 aromatic rings. The van der Waals surface area contributed by atoms with Gasteiger partial charge in [-0.3, -0.25) is 4.79 Å². The van der Waals surface area contributed by atoms with Crippen LogP contribution in [0.25, 0.3) is 0 Å². The SMILES string of the molecule is CNC(=O)CCCNC(C)c1c(C)noc1C. The van der Waals surface area contributed by atoms with Gasteiger partial charge in [0.25, 0.3) is 0 Å². The van der Waals surface area contributed by atoms with Crippen molar-refractivity contribution in [3.63, 3.8) is 0 Å². The van der Waals surface area contributed by atoms with E-state index in [-0.39, 0.29) is 11.9 Å². The molecule has 0 aliphatic carbocycles. The first-order valence-corrected chi connectivity index (χ1v) is 5.93. The van der Waals surface area contributed by atoms with Gasteiger partial charge in [-0.2, -0.15) is 0 Å². The molecule has 0 saturated heterocycles. The summed E-state index contributed by atoms with van der Waals surface area (Å²) in [5.41, 5.74) is 2.04. The van der Waals surface area contributed by atoms with Crippen LogP contribution in [0, 0.1) is 13.8 Å². The third-order valence-corrected chi connectivity index (χ3v) is 2.83. The number of aromatic nitrogens is 1. The van der Waals surface area contributed by atoms with E-state index in [1.165, 1.54) is 0 Å². The van der Waals surface area contributed by atoms with E-state index in [1.807, 2.05) is 13.8 Å². The molecule has 0 aromatic carbocycles. The number of aryl methyl sites for hydroxylation is 2. The van der Waals surface area contributed by atoms with Crippen molar-refractivity contribution in [1.82, 2.24) is 15.8 Å². The Morgan fingerprint density at radius 1 is 1.47 bits per heavy atom. The number of amides is 1. The second-order valence-corrected chi connectivity index (χ2v) is 4.19. The van der Waals surface area contributed by atoms with E-state index in [2.05, 4.69) is 22.7 Å². The third-order valence-electron chi connectivity index (χ3n) is 2.83. The van der Waals surface area contributed by atoms with Crippen LogP contribution in [0.2, 0.25) is 0 Å². The molecule has 0 bridgehead atoms. The highest BCUT2D eigenvalue weighted by molar-refractivity contribution is 5.75. The van der Waals surface area contributed by atoms with E-state index < -0.39 is 0 Å². The molecule has 1 unspecified atom stereocenters. The highest BCUT2D eigenvalue weighted by Crippen LogP contribution is 2.20. The summed E-state index contributed by atoms with van der Waals surface area (Å²) in [4.78, 5) is 11.0. The Bertz CT molecular complexity index is 354. The van der Waals surface area contributed by atoms with Gasteiger partial charge in [0, 0.05) is 25.1 Å². The van der Waals surface area contributed by atoms with Crippen LogP contribution in [0.1, 0.15) is 42.8 Å². The fourth-order valence-corrected chi connectivity index (χ4v) is 1.90. The Kier molecular flexibility index (Phi) is 5.15. The summed E-state index contributed by atoms with van der Waals surface area (Å²) in [5.74, 6) is 0.936. The van der Waals surface area contributed by atoms with Crippen LogP contribution in [0.4, 0.5) is 0 Å². The van der Waals surface area contributed by atoms with Crippen LogP contribution < -0.4 is 10.6 Å². The minimum atomic E-state index is 0.0804. The van der Waals surface area contributed by atoms with Crippen LogP contribution in [0.15, 0.2) is 4.52 Å². The normalized spacial score (nSPS) is 12.5. The minimum absolute atomic E-state index is 0.0804. The smallest absolute Gasteiger partial charge is 0.219 e. The number of hydrogen-bond donors (Lipinski definition) is 2. The molecule has 5 heteroatoms. The lowest BCUT2D eigenvalue weighted by Gasteiger charge is -2.13. The van der Waals surface area contributed by atoms with Gasteiger partial charge in [-0.15, -0.1) is 0 Å².